The van der Waals surface area contributed by atoms with E-state index in [9.17, 15) is 14.7 Å². The summed E-state index contributed by atoms with van der Waals surface area (Å²) in [6.45, 7) is 2.20. The van der Waals surface area contributed by atoms with Crippen LogP contribution in [-0.2, 0) is 6.42 Å². The highest BCUT2D eigenvalue weighted by molar-refractivity contribution is 7.16. The van der Waals surface area contributed by atoms with Crippen molar-refractivity contribution in [3.8, 4) is 16.2 Å². The van der Waals surface area contributed by atoms with Gasteiger partial charge in [0.15, 0.2) is 5.78 Å². The van der Waals surface area contributed by atoms with E-state index in [0.29, 0.717) is 42.5 Å². The molecule has 0 fully saturated rings. The molecule has 10 heteroatoms. The van der Waals surface area contributed by atoms with Crippen molar-refractivity contribution >= 4 is 63.3 Å². The van der Waals surface area contributed by atoms with E-state index in [1.807, 2.05) is 12.1 Å². The van der Waals surface area contributed by atoms with E-state index in [1.54, 1.807) is 55.0 Å². The highest BCUT2D eigenvalue weighted by Gasteiger charge is 2.17. The second-order valence-electron chi connectivity index (χ2n) is 8.16. The van der Waals surface area contributed by atoms with Crippen LogP contribution in [0.15, 0.2) is 65.2 Å². The molecule has 2 N–H and O–H groups in total. The molecule has 1 amide bonds. The van der Waals surface area contributed by atoms with Gasteiger partial charge in [-0.25, -0.2) is 0 Å². The minimum atomic E-state index is -0.198. The van der Waals surface area contributed by atoms with Crippen molar-refractivity contribution in [3.63, 3.8) is 0 Å². The number of rotatable bonds is 10. The maximum atomic E-state index is 12.7. The van der Waals surface area contributed by atoms with Crippen LogP contribution in [0.4, 0.5) is 0 Å². The van der Waals surface area contributed by atoms with Gasteiger partial charge in [-0.2, -0.15) is 0 Å². The smallest absolute Gasteiger partial charge is 0.261 e. The molecule has 0 aliphatic carbocycles. The predicted octanol–water partition coefficient (Wildman–Crippen LogP) is 6.94. The Labute approximate surface area is 232 Å². The van der Waals surface area contributed by atoms with Gasteiger partial charge in [0, 0.05) is 35.6 Å². The van der Waals surface area contributed by atoms with E-state index in [0.717, 1.165) is 29.7 Å². The SMILES string of the molecule is CC(=NCC(=O)c1ccc(C(=O)NCCCc2ccncc2)s1)c1csc(-c2ccc(Cl)c(Cl)c2)c1O. The molecule has 37 heavy (non-hydrogen) atoms. The average molecular weight is 573 g/mol. The number of Topliss-reactive ketones (excluding diaryl/α,β-unsaturated/α-hetero) is 1. The van der Waals surface area contributed by atoms with Gasteiger partial charge in [0.25, 0.3) is 5.91 Å². The van der Waals surface area contributed by atoms with Crippen molar-refractivity contribution < 1.29 is 14.7 Å². The van der Waals surface area contributed by atoms with E-state index in [2.05, 4.69) is 15.3 Å². The van der Waals surface area contributed by atoms with Gasteiger partial charge in [-0.15, -0.1) is 22.7 Å². The Balaban J connectivity index is 1.32. The number of ketones is 1. The second-order valence-corrected chi connectivity index (χ2v) is 10.9. The largest absolute Gasteiger partial charge is 0.506 e. The maximum Gasteiger partial charge on any atom is 0.261 e. The molecule has 6 nitrogen and oxygen atoms in total. The van der Waals surface area contributed by atoms with Crippen LogP contribution in [0, 0.1) is 0 Å². The Kier molecular flexibility index (Phi) is 9.10. The zero-order valence-corrected chi connectivity index (χ0v) is 23.0. The third kappa shape index (κ3) is 6.84. The number of benzene rings is 1. The van der Waals surface area contributed by atoms with Gasteiger partial charge in [-0.05, 0) is 67.3 Å². The van der Waals surface area contributed by atoms with Crippen LogP contribution < -0.4 is 5.32 Å². The lowest BCUT2D eigenvalue weighted by Crippen LogP contribution is -2.23. The molecule has 4 rings (SSSR count). The summed E-state index contributed by atoms with van der Waals surface area (Å²) in [6, 6.07) is 12.4. The summed E-state index contributed by atoms with van der Waals surface area (Å²) in [5.74, 6) is -0.312. The van der Waals surface area contributed by atoms with Crippen LogP contribution in [0.1, 0.15) is 43.8 Å². The first-order valence-corrected chi connectivity index (χ1v) is 13.9. The Hall–Kier alpha value is -3.04. The van der Waals surface area contributed by atoms with Gasteiger partial charge in [0.1, 0.15) is 12.3 Å². The highest BCUT2D eigenvalue weighted by Crippen LogP contribution is 2.40. The molecule has 0 atom stereocenters. The molecular weight excluding hydrogens is 549 g/mol. The van der Waals surface area contributed by atoms with E-state index in [-0.39, 0.29) is 24.0 Å². The van der Waals surface area contributed by atoms with Crippen LogP contribution in [0.5, 0.6) is 5.75 Å². The fraction of sp³-hybridized carbons (Fsp3) is 0.185. The summed E-state index contributed by atoms with van der Waals surface area (Å²) in [4.78, 5) is 35.1. The average Bonchev–Trinajstić information content (AvgIpc) is 3.55. The molecule has 1 aromatic carbocycles. The van der Waals surface area contributed by atoms with Crippen molar-refractivity contribution in [2.75, 3.05) is 13.1 Å². The van der Waals surface area contributed by atoms with Gasteiger partial charge >= 0.3 is 0 Å². The molecule has 0 aliphatic rings. The Morgan fingerprint density at radius 1 is 1.05 bits per heavy atom. The number of aromatic hydroxyl groups is 1. The summed E-state index contributed by atoms with van der Waals surface area (Å²) >= 11 is 14.6. The highest BCUT2D eigenvalue weighted by atomic mass is 35.5. The molecule has 4 aromatic rings. The third-order valence-electron chi connectivity index (χ3n) is 5.58. The number of halogens is 2. The van der Waals surface area contributed by atoms with E-state index < -0.39 is 0 Å². The molecule has 0 bridgehead atoms. The molecule has 0 spiro atoms. The molecule has 3 aromatic heterocycles. The summed E-state index contributed by atoms with van der Waals surface area (Å²) < 4.78 is 0. The lowest BCUT2D eigenvalue weighted by Gasteiger charge is -2.04. The minimum Gasteiger partial charge on any atom is -0.506 e. The number of carbonyl (C=O) groups excluding carboxylic acids is 2. The number of aliphatic imine (C=N–C) groups is 1. The number of thiophene rings is 2. The zero-order valence-electron chi connectivity index (χ0n) is 19.8. The van der Waals surface area contributed by atoms with Crippen molar-refractivity contribution in [1.29, 1.82) is 0 Å². The standard InChI is InChI=1S/C27H23Cl2N3O3S2/c1-16(19-15-36-26(25(19)34)18-4-5-20(28)21(29)13-18)32-14-22(33)23-6-7-24(37-23)27(35)31-10-2-3-17-8-11-30-12-9-17/h4-9,11-13,15,34H,2-3,10,14H2,1H3,(H,31,35). The summed E-state index contributed by atoms with van der Waals surface area (Å²) in [7, 11) is 0. The van der Waals surface area contributed by atoms with E-state index in [4.69, 9.17) is 23.2 Å². The van der Waals surface area contributed by atoms with E-state index in [1.165, 1.54) is 16.9 Å². The number of aromatic nitrogens is 1. The second kappa shape index (κ2) is 12.5. The normalized spacial score (nSPS) is 11.5. The number of aryl methyl sites for hydroxylation is 1. The van der Waals surface area contributed by atoms with Crippen LogP contribution in [0.2, 0.25) is 10.0 Å². The fourth-order valence-electron chi connectivity index (χ4n) is 3.54. The molecular formula is C27H23Cl2N3O3S2. The predicted molar refractivity (Wildman–Crippen MR) is 152 cm³/mol. The lowest BCUT2D eigenvalue weighted by atomic mass is 10.1. The molecule has 190 valence electrons. The van der Waals surface area contributed by atoms with Crippen molar-refractivity contribution in [2.45, 2.75) is 19.8 Å². The van der Waals surface area contributed by atoms with Gasteiger partial charge in [0.2, 0.25) is 0 Å². The Morgan fingerprint density at radius 3 is 2.57 bits per heavy atom. The first-order chi connectivity index (χ1) is 17.8. The third-order valence-corrected chi connectivity index (χ3v) is 8.46. The quantitative estimate of drug-likeness (QED) is 0.122. The monoisotopic (exact) mass is 571 g/mol. The molecule has 0 aliphatic heterocycles. The van der Waals surface area contributed by atoms with Crippen LogP contribution in [0.25, 0.3) is 10.4 Å². The van der Waals surface area contributed by atoms with Crippen LogP contribution in [-0.4, -0.2) is 40.6 Å². The minimum absolute atomic E-state index is 0.0797. The van der Waals surface area contributed by atoms with Crippen molar-refractivity contribution in [1.82, 2.24) is 10.3 Å². The number of carbonyl (C=O) groups is 2. The maximum absolute atomic E-state index is 12.7. The molecule has 0 unspecified atom stereocenters. The van der Waals surface area contributed by atoms with Gasteiger partial charge in [-0.1, -0.05) is 29.3 Å². The Bertz CT molecular complexity index is 1450. The number of nitrogens with zero attached hydrogens (tertiary/aromatic N) is 2. The number of hydrogen-bond donors (Lipinski definition) is 2. The molecule has 0 saturated heterocycles. The summed E-state index contributed by atoms with van der Waals surface area (Å²) in [5.41, 5.74) is 3.01. The first kappa shape index (κ1) is 27.0. The van der Waals surface area contributed by atoms with Crippen molar-refractivity contribution in [3.05, 3.63) is 91.2 Å². The number of pyridine rings is 1. The topological polar surface area (TPSA) is 91.7 Å². The number of hydrogen-bond acceptors (Lipinski definition) is 7. The first-order valence-electron chi connectivity index (χ1n) is 11.4. The molecule has 0 saturated carbocycles. The Morgan fingerprint density at radius 2 is 1.81 bits per heavy atom. The molecule has 0 radical (unpaired) electrons. The number of nitrogens with one attached hydrogen (secondary N) is 1. The van der Waals surface area contributed by atoms with Crippen LogP contribution >= 0.6 is 45.9 Å². The number of amides is 1. The van der Waals surface area contributed by atoms with Gasteiger partial charge in [0.05, 0.1) is 24.7 Å². The van der Waals surface area contributed by atoms with Gasteiger partial charge < -0.3 is 10.4 Å². The zero-order chi connectivity index (χ0) is 26.4. The molecule has 3 heterocycles. The summed E-state index contributed by atoms with van der Waals surface area (Å²) in [5, 5.41) is 16.3. The van der Waals surface area contributed by atoms with Gasteiger partial charge in [-0.3, -0.25) is 19.6 Å². The van der Waals surface area contributed by atoms with Crippen LogP contribution in [0.3, 0.4) is 0 Å². The van der Waals surface area contributed by atoms with Crippen molar-refractivity contribution in [2.24, 2.45) is 4.99 Å². The van der Waals surface area contributed by atoms with E-state index >= 15 is 0 Å². The lowest BCUT2D eigenvalue weighted by molar-refractivity contribution is 0.0956. The summed E-state index contributed by atoms with van der Waals surface area (Å²) in [6.07, 6.45) is 5.16. The fourth-order valence-corrected chi connectivity index (χ4v) is 5.70.